The van der Waals surface area contributed by atoms with Crippen LogP contribution in [0.2, 0.25) is 0 Å². The monoisotopic (exact) mass is 281 g/mol. The fourth-order valence-corrected chi connectivity index (χ4v) is 2.21. The molecule has 0 atom stereocenters. The zero-order valence-corrected chi connectivity index (χ0v) is 11.3. The molecule has 3 aromatic rings. The normalized spacial score (nSPS) is 10.6. The predicted molar refractivity (Wildman–Crippen MR) is 76.9 cm³/mol. The van der Waals surface area contributed by atoms with Gasteiger partial charge in [-0.3, -0.25) is 9.78 Å². The molecule has 0 bridgehead atoms. The van der Waals surface area contributed by atoms with Crippen molar-refractivity contribution in [3.8, 4) is 16.9 Å². The highest BCUT2D eigenvalue weighted by molar-refractivity contribution is 5.85. The first-order valence-electron chi connectivity index (χ1n) is 6.41. The first-order chi connectivity index (χ1) is 10.2. The number of aromatic nitrogens is 3. The number of hydrogen-bond donors (Lipinski definition) is 0. The van der Waals surface area contributed by atoms with Crippen LogP contribution in [0.25, 0.3) is 16.9 Å². The van der Waals surface area contributed by atoms with Gasteiger partial charge >= 0.3 is 0 Å². The summed E-state index contributed by atoms with van der Waals surface area (Å²) in [5.74, 6) is -0.298. The van der Waals surface area contributed by atoms with Crippen molar-refractivity contribution in [2.24, 2.45) is 0 Å². The molecule has 0 fully saturated rings. The number of carbonyl (C=O) groups excluding carboxylic acids is 1. The number of carbonyl (C=O) groups is 1. The number of benzene rings is 1. The molecule has 2 heterocycles. The minimum atomic E-state index is -0.298. The number of nitrogens with zero attached hydrogens (tertiary/aromatic N) is 3. The molecule has 0 amide bonds. The van der Waals surface area contributed by atoms with Gasteiger partial charge in [0.05, 0.1) is 11.3 Å². The molecule has 0 aliphatic heterocycles. The summed E-state index contributed by atoms with van der Waals surface area (Å²) in [5, 5.41) is 4.45. The number of aldehydes is 1. The standard InChI is InChI=1S/C16H12FN3O/c1-11-8-14(17)2-3-15(11)20-9-13(10-21)16(19-20)12-4-6-18-7-5-12/h2-10H,1H3. The maximum atomic E-state index is 13.2. The lowest BCUT2D eigenvalue weighted by Crippen LogP contribution is -1.98. The fourth-order valence-electron chi connectivity index (χ4n) is 2.21. The summed E-state index contributed by atoms with van der Waals surface area (Å²) >= 11 is 0. The van der Waals surface area contributed by atoms with Crippen LogP contribution in [0, 0.1) is 12.7 Å². The molecule has 1 aromatic carbocycles. The highest BCUT2D eigenvalue weighted by atomic mass is 19.1. The van der Waals surface area contributed by atoms with Crippen molar-refractivity contribution in [2.75, 3.05) is 0 Å². The molecule has 0 saturated carbocycles. The quantitative estimate of drug-likeness (QED) is 0.693. The average Bonchev–Trinajstić information content (AvgIpc) is 2.92. The van der Waals surface area contributed by atoms with Crippen molar-refractivity contribution >= 4 is 6.29 Å². The number of pyridine rings is 1. The van der Waals surface area contributed by atoms with Crippen LogP contribution in [0.3, 0.4) is 0 Å². The Balaban J connectivity index is 2.14. The van der Waals surface area contributed by atoms with Gasteiger partial charge in [0.1, 0.15) is 11.5 Å². The van der Waals surface area contributed by atoms with Crippen molar-refractivity contribution in [1.29, 1.82) is 0 Å². The Labute approximate surface area is 120 Å². The van der Waals surface area contributed by atoms with Crippen LogP contribution in [0.5, 0.6) is 0 Å². The third-order valence-electron chi connectivity index (χ3n) is 3.23. The number of hydrogen-bond acceptors (Lipinski definition) is 3. The number of aryl methyl sites for hydroxylation is 1. The summed E-state index contributed by atoms with van der Waals surface area (Å²) in [4.78, 5) is 15.2. The molecule has 0 unspecified atom stereocenters. The highest BCUT2D eigenvalue weighted by Gasteiger charge is 2.12. The summed E-state index contributed by atoms with van der Waals surface area (Å²) in [5.41, 5.74) is 3.35. The van der Waals surface area contributed by atoms with E-state index in [1.807, 2.05) is 0 Å². The summed E-state index contributed by atoms with van der Waals surface area (Å²) in [6, 6.07) is 8.03. The predicted octanol–water partition coefficient (Wildman–Crippen LogP) is 3.19. The van der Waals surface area contributed by atoms with Crippen molar-refractivity contribution in [3.05, 3.63) is 65.9 Å². The van der Waals surface area contributed by atoms with Crippen molar-refractivity contribution in [3.63, 3.8) is 0 Å². The molecule has 5 heteroatoms. The molecule has 0 radical (unpaired) electrons. The van der Waals surface area contributed by atoms with Gasteiger partial charge in [-0.25, -0.2) is 9.07 Å². The third-order valence-corrected chi connectivity index (χ3v) is 3.23. The maximum Gasteiger partial charge on any atom is 0.153 e. The molecule has 4 nitrogen and oxygen atoms in total. The molecule has 0 aliphatic rings. The van der Waals surface area contributed by atoms with Crippen LogP contribution in [0.1, 0.15) is 15.9 Å². The number of rotatable bonds is 3. The Morgan fingerprint density at radius 3 is 2.62 bits per heavy atom. The fraction of sp³-hybridized carbons (Fsp3) is 0.0625. The van der Waals surface area contributed by atoms with Gasteiger partial charge in [0, 0.05) is 24.2 Å². The number of halogens is 1. The minimum absolute atomic E-state index is 0.298. The Morgan fingerprint density at radius 2 is 1.95 bits per heavy atom. The van der Waals surface area contributed by atoms with E-state index in [1.54, 1.807) is 48.4 Å². The van der Waals surface area contributed by atoms with E-state index in [-0.39, 0.29) is 5.82 Å². The van der Waals surface area contributed by atoms with Crippen molar-refractivity contribution in [2.45, 2.75) is 6.92 Å². The molecule has 3 rings (SSSR count). The van der Waals surface area contributed by atoms with Gasteiger partial charge in [0.2, 0.25) is 0 Å². The molecule has 0 saturated heterocycles. The van der Waals surface area contributed by atoms with Gasteiger partial charge in [-0.15, -0.1) is 0 Å². The molecule has 21 heavy (non-hydrogen) atoms. The van der Waals surface area contributed by atoms with Crippen LogP contribution >= 0.6 is 0 Å². The Morgan fingerprint density at radius 1 is 1.19 bits per heavy atom. The van der Waals surface area contributed by atoms with Gasteiger partial charge in [0.15, 0.2) is 6.29 Å². The lowest BCUT2D eigenvalue weighted by molar-refractivity contribution is 0.112. The Bertz CT molecular complexity index is 797. The second-order valence-electron chi connectivity index (χ2n) is 4.66. The molecular formula is C16H12FN3O. The minimum Gasteiger partial charge on any atom is -0.298 e. The van der Waals surface area contributed by atoms with Crippen LogP contribution in [0.4, 0.5) is 4.39 Å². The summed E-state index contributed by atoms with van der Waals surface area (Å²) in [6.45, 7) is 1.80. The second-order valence-corrected chi connectivity index (χ2v) is 4.66. The van der Waals surface area contributed by atoms with E-state index in [9.17, 15) is 9.18 Å². The smallest absolute Gasteiger partial charge is 0.153 e. The summed E-state index contributed by atoms with van der Waals surface area (Å²) in [7, 11) is 0. The topological polar surface area (TPSA) is 47.8 Å². The van der Waals surface area contributed by atoms with E-state index < -0.39 is 0 Å². The lowest BCUT2D eigenvalue weighted by atomic mass is 10.1. The van der Waals surface area contributed by atoms with E-state index in [1.165, 1.54) is 12.1 Å². The Kier molecular flexibility index (Phi) is 3.31. The summed E-state index contributed by atoms with van der Waals surface area (Å²) < 4.78 is 14.8. The van der Waals surface area contributed by atoms with E-state index in [4.69, 9.17) is 0 Å². The largest absolute Gasteiger partial charge is 0.298 e. The average molecular weight is 281 g/mol. The van der Waals surface area contributed by atoms with Gasteiger partial charge in [-0.1, -0.05) is 0 Å². The van der Waals surface area contributed by atoms with Crippen molar-refractivity contribution in [1.82, 2.24) is 14.8 Å². The Hall–Kier alpha value is -2.82. The lowest BCUT2D eigenvalue weighted by Gasteiger charge is -2.05. The maximum absolute atomic E-state index is 13.2. The van der Waals surface area contributed by atoms with Crippen LogP contribution < -0.4 is 0 Å². The van der Waals surface area contributed by atoms with Gasteiger partial charge in [-0.05, 0) is 42.8 Å². The van der Waals surface area contributed by atoms with E-state index in [2.05, 4.69) is 10.1 Å². The SMILES string of the molecule is Cc1cc(F)ccc1-n1cc(C=O)c(-c2ccncc2)n1. The summed E-state index contributed by atoms with van der Waals surface area (Å²) in [6.07, 6.45) is 5.69. The van der Waals surface area contributed by atoms with Crippen molar-refractivity contribution < 1.29 is 9.18 Å². The van der Waals surface area contributed by atoms with E-state index >= 15 is 0 Å². The van der Waals surface area contributed by atoms with Crippen LogP contribution in [-0.2, 0) is 0 Å². The first kappa shape index (κ1) is 13.2. The van der Waals surface area contributed by atoms with Crippen LogP contribution in [0.15, 0.2) is 48.9 Å². The zero-order valence-electron chi connectivity index (χ0n) is 11.3. The van der Waals surface area contributed by atoms with E-state index in [0.29, 0.717) is 11.3 Å². The second kappa shape index (κ2) is 5.28. The molecular weight excluding hydrogens is 269 g/mol. The molecule has 0 N–H and O–H groups in total. The third kappa shape index (κ3) is 2.45. The van der Waals surface area contributed by atoms with Crippen LogP contribution in [-0.4, -0.2) is 21.1 Å². The molecule has 2 aromatic heterocycles. The first-order valence-corrected chi connectivity index (χ1v) is 6.41. The van der Waals surface area contributed by atoms with Gasteiger partial charge < -0.3 is 0 Å². The highest BCUT2D eigenvalue weighted by Crippen LogP contribution is 2.23. The molecule has 104 valence electrons. The molecule has 0 aliphatic carbocycles. The van der Waals surface area contributed by atoms with Gasteiger partial charge in [0.25, 0.3) is 0 Å². The van der Waals surface area contributed by atoms with E-state index in [0.717, 1.165) is 23.1 Å². The van der Waals surface area contributed by atoms with Gasteiger partial charge in [-0.2, -0.15) is 5.10 Å². The molecule has 0 spiro atoms. The zero-order chi connectivity index (χ0) is 14.8.